The van der Waals surface area contributed by atoms with Gasteiger partial charge in [-0.3, -0.25) is 4.98 Å². The largest absolute Gasteiger partial charge is 0.455 e. The molecule has 8 rings (SSSR count). The average Bonchev–Trinajstić information content (AvgIpc) is 3.39. The van der Waals surface area contributed by atoms with Gasteiger partial charge in [0, 0.05) is 34.3 Å². The first-order valence-electron chi connectivity index (χ1n) is 13.2. The lowest BCUT2D eigenvalue weighted by Crippen LogP contribution is -1.91. The van der Waals surface area contributed by atoms with Crippen LogP contribution in [-0.2, 0) is 0 Å². The van der Waals surface area contributed by atoms with E-state index in [9.17, 15) is 0 Å². The first-order valence-corrected chi connectivity index (χ1v) is 13.2. The topological polar surface area (TPSA) is 26.0 Å². The second-order valence-electron chi connectivity index (χ2n) is 9.95. The molecular weight excluding hydrogens is 474 g/mol. The molecule has 0 bridgehead atoms. The summed E-state index contributed by atoms with van der Waals surface area (Å²) in [5.74, 6) is 0. The van der Waals surface area contributed by atoms with E-state index < -0.39 is 0 Å². The third-order valence-corrected chi connectivity index (χ3v) is 7.73. The maximum absolute atomic E-state index is 6.45. The second kappa shape index (κ2) is 8.68. The van der Waals surface area contributed by atoms with Crippen LogP contribution in [0.2, 0.25) is 0 Å². The monoisotopic (exact) mass is 497 g/mol. The van der Waals surface area contributed by atoms with Crippen LogP contribution in [0.4, 0.5) is 0 Å². The van der Waals surface area contributed by atoms with Crippen LogP contribution in [-0.4, -0.2) is 4.98 Å². The molecule has 2 heteroatoms. The van der Waals surface area contributed by atoms with E-state index in [2.05, 4.69) is 114 Å². The molecule has 0 radical (unpaired) electrons. The molecule has 0 saturated heterocycles. The van der Waals surface area contributed by atoms with Crippen LogP contribution in [0.1, 0.15) is 0 Å². The first-order chi connectivity index (χ1) is 19.4. The number of furan rings is 1. The summed E-state index contributed by atoms with van der Waals surface area (Å²) in [7, 11) is 0. The Kier molecular flexibility index (Phi) is 4.86. The van der Waals surface area contributed by atoms with Crippen LogP contribution < -0.4 is 0 Å². The van der Waals surface area contributed by atoms with Gasteiger partial charge in [0.2, 0.25) is 0 Å². The van der Waals surface area contributed by atoms with Crippen molar-refractivity contribution in [3.63, 3.8) is 0 Å². The predicted octanol–water partition coefficient (Wildman–Crippen LogP) is 10.3. The van der Waals surface area contributed by atoms with Crippen molar-refractivity contribution in [2.24, 2.45) is 0 Å². The maximum atomic E-state index is 6.45. The minimum Gasteiger partial charge on any atom is -0.455 e. The highest BCUT2D eigenvalue weighted by molar-refractivity contribution is 6.22. The summed E-state index contributed by atoms with van der Waals surface area (Å²) < 4.78 is 6.45. The number of aromatic nitrogens is 1. The maximum Gasteiger partial charge on any atom is 0.143 e. The Balaban J connectivity index is 1.55. The number of hydrogen-bond acceptors (Lipinski definition) is 2. The summed E-state index contributed by atoms with van der Waals surface area (Å²) in [4.78, 5) is 4.43. The molecule has 0 aliphatic carbocycles. The van der Waals surface area contributed by atoms with Gasteiger partial charge in [0.05, 0.1) is 0 Å². The molecule has 0 aliphatic heterocycles. The van der Waals surface area contributed by atoms with Crippen molar-refractivity contribution in [1.29, 1.82) is 0 Å². The van der Waals surface area contributed by atoms with E-state index in [1.165, 1.54) is 43.8 Å². The van der Waals surface area contributed by atoms with Crippen molar-refractivity contribution in [3.05, 3.63) is 140 Å². The van der Waals surface area contributed by atoms with Gasteiger partial charge in [-0.15, -0.1) is 0 Å². The lowest BCUT2D eigenvalue weighted by Gasteiger charge is -2.18. The Morgan fingerprint density at radius 2 is 1.00 bits per heavy atom. The fourth-order valence-electron chi connectivity index (χ4n) is 6.06. The third kappa shape index (κ3) is 3.39. The molecule has 0 amide bonds. The SMILES string of the molecule is c1ccc(-c2c3ccccc3c(-c3cc(-c4cccnc4)c4oc5ccccc5c4c3)c3ccccc23)cc1. The Labute approximate surface area is 225 Å². The summed E-state index contributed by atoms with van der Waals surface area (Å²) in [5, 5.41) is 7.20. The molecule has 0 atom stereocenters. The normalized spacial score (nSPS) is 11.6. The van der Waals surface area contributed by atoms with Crippen molar-refractivity contribution >= 4 is 43.5 Å². The van der Waals surface area contributed by atoms with E-state index in [4.69, 9.17) is 4.42 Å². The van der Waals surface area contributed by atoms with Crippen LogP contribution in [0.3, 0.4) is 0 Å². The van der Waals surface area contributed by atoms with Gasteiger partial charge in [-0.05, 0) is 68.1 Å². The van der Waals surface area contributed by atoms with Gasteiger partial charge in [0.15, 0.2) is 0 Å². The summed E-state index contributed by atoms with van der Waals surface area (Å²) in [6, 6.07) is 45.3. The van der Waals surface area contributed by atoms with Crippen molar-refractivity contribution in [2.45, 2.75) is 0 Å². The van der Waals surface area contributed by atoms with Crippen LogP contribution >= 0.6 is 0 Å². The Hall–Kier alpha value is -5.21. The first kappa shape index (κ1) is 21.8. The zero-order valence-corrected chi connectivity index (χ0v) is 21.1. The van der Waals surface area contributed by atoms with Gasteiger partial charge in [0.25, 0.3) is 0 Å². The van der Waals surface area contributed by atoms with E-state index in [0.717, 1.165) is 33.1 Å². The molecule has 6 aromatic carbocycles. The Morgan fingerprint density at radius 1 is 0.436 bits per heavy atom. The lowest BCUT2D eigenvalue weighted by atomic mass is 9.85. The molecular formula is C37H23NO. The van der Waals surface area contributed by atoms with Gasteiger partial charge in [-0.2, -0.15) is 0 Å². The zero-order valence-electron chi connectivity index (χ0n) is 21.1. The summed E-state index contributed by atoms with van der Waals surface area (Å²) in [6.45, 7) is 0. The zero-order chi connectivity index (χ0) is 25.8. The minimum absolute atomic E-state index is 0.891. The van der Waals surface area contributed by atoms with E-state index in [1.54, 1.807) is 0 Å². The van der Waals surface area contributed by atoms with Crippen molar-refractivity contribution in [3.8, 4) is 33.4 Å². The average molecular weight is 498 g/mol. The molecule has 39 heavy (non-hydrogen) atoms. The molecule has 0 saturated carbocycles. The molecule has 8 aromatic rings. The molecule has 0 fully saturated rings. The van der Waals surface area contributed by atoms with E-state index in [1.807, 2.05) is 30.6 Å². The Morgan fingerprint density at radius 3 is 1.64 bits per heavy atom. The molecule has 0 N–H and O–H groups in total. The lowest BCUT2D eigenvalue weighted by molar-refractivity contribution is 0.670. The van der Waals surface area contributed by atoms with Gasteiger partial charge in [-0.1, -0.05) is 103 Å². The fraction of sp³-hybridized carbons (Fsp3) is 0. The van der Waals surface area contributed by atoms with E-state index >= 15 is 0 Å². The number of fused-ring (bicyclic) bond motifs is 5. The van der Waals surface area contributed by atoms with E-state index in [-0.39, 0.29) is 0 Å². The fourth-order valence-corrected chi connectivity index (χ4v) is 6.06. The highest BCUT2D eigenvalue weighted by Crippen LogP contribution is 2.46. The summed E-state index contributed by atoms with van der Waals surface area (Å²) in [6.07, 6.45) is 3.73. The quantitative estimate of drug-likeness (QED) is 0.227. The summed E-state index contributed by atoms with van der Waals surface area (Å²) in [5.41, 5.74) is 8.77. The predicted molar refractivity (Wildman–Crippen MR) is 163 cm³/mol. The van der Waals surface area contributed by atoms with Gasteiger partial charge in [-0.25, -0.2) is 0 Å². The number of para-hydroxylation sites is 1. The second-order valence-corrected chi connectivity index (χ2v) is 9.95. The molecule has 2 heterocycles. The molecule has 182 valence electrons. The van der Waals surface area contributed by atoms with E-state index in [0.29, 0.717) is 0 Å². The molecule has 0 aliphatic rings. The molecule has 0 unspecified atom stereocenters. The van der Waals surface area contributed by atoms with Crippen LogP contribution in [0.25, 0.3) is 76.9 Å². The highest BCUT2D eigenvalue weighted by Gasteiger charge is 2.20. The number of benzene rings is 6. The van der Waals surface area contributed by atoms with Crippen molar-refractivity contribution in [1.82, 2.24) is 4.98 Å². The van der Waals surface area contributed by atoms with Crippen LogP contribution in [0, 0.1) is 0 Å². The Bertz CT molecular complexity index is 2100. The van der Waals surface area contributed by atoms with Gasteiger partial charge >= 0.3 is 0 Å². The van der Waals surface area contributed by atoms with Crippen molar-refractivity contribution < 1.29 is 4.42 Å². The third-order valence-electron chi connectivity index (χ3n) is 7.73. The molecule has 2 aromatic heterocycles. The van der Waals surface area contributed by atoms with Gasteiger partial charge < -0.3 is 4.42 Å². The number of pyridine rings is 1. The standard InChI is InChI=1S/C37H23NO/c1-2-11-24(12-3-1)35-28-15-4-6-17-30(28)36(31-18-7-5-16-29(31)35)26-21-32(25-13-10-20-38-23-25)37-33(22-26)27-14-8-9-19-34(27)39-37/h1-23H. The molecule has 0 spiro atoms. The number of hydrogen-bond donors (Lipinski definition) is 0. The number of nitrogens with zero attached hydrogens (tertiary/aromatic N) is 1. The van der Waals surface area contributed by atoms with Crippen LogP contribution in [0.15, 0.2) is 144 Å². The minimum atomic E-state index is 0.891. The number of rotatable bonds is 3. The summed E-state index contributed by atoms with van der Waals surface area (Å²) >= 11 is 0. The highest BCUT2D eigenvalue weighted by atomic mass is 16.3. The smallest absolute Gasteiger partial charge is 0.143 e. The van der Waals surface area contributed by atoms with Crippen molar-refractivity contribution in [2.75, 3.05) is 0 Å². The van der Waals surface area contributed by atoms with Crippen LogP contribution in [0.5, 0.6) is 0 Å². The van der Waals surface area contributed by atoms with Gasteiger partial charge in [0.1, 0.15) is 11.2 Å². The molecule has 2 nitrogen and oxygen atoms in total.